The molecule has 0 spiro atoms. The number of rotatable bonds is 6. The zero-order valence-electron chi connectivity index (χ0n) is 15.6. The van der Waals surface area contributed by atoms with Crippen molar-refractivity contribution in [3.05, 3.63) is 64.8 Å². The largest absolute Gasteiger partial charge is 0.417 e. The Hall–Kier alpha value is -2.68. The zero-order valence-corrected chi connectivity index (χ0v) is 16.4. The molecule has 3 aromatic rings. The quantitative estimate of drug-likeness (QED) is 0.581. The van der Waals surface area contributed by atoms with E-state index < -0.39 is 11.7 Å². The summed E-state index contributed by atoms with van der Waals surface area (Å²) in [5.41, 5.74) is 0.604. The minimum Gasteiger partial charge on any atom is -0.330 e. The van der Waals surface area contributed by atoms with Gasteiger partial charge in [0, 0.05) is 42.5 Å². The summed E-state index contributed by atoms with van der Waals surface area (Å²) in [7, 11) is 0. The van der Waals surface area contributed by atoms with Gasteiger partial charge in [-0.15, -0.1) is 0 Å². The van der Waals surface area contributed by atoms with Crippen molar-refractivity contribution >= 4 is 17.6 Å². The summed E-state index contributed by atoms with van der Waals surface area (Å²) in [5.74, 6) is 0.527. The van der Waals surface area contributed by atoms with Gasteiger partial charge >= 0.3 is 6.18 Å². The van der Waals surface area contributed by atoms with Gasteiger partial charge in [-0.1, -0.05) is 18.0 Å². The molecule has 5 nitrogen and oxygen atoms in total. The van der Waals surface area contributed by atoms with Crippen LogP contribution >= 0.6 is 11.9 Å². The lowest BCUT2D eigenvalue weighted by Gasteiger charge is -2.14. The molecule has 152 valence electrons. The molecule has 4 rings (SSSR count). The lowest BCUT2D eigenvalue weighted by molar-refractivity contribution is -0.137. The Bertz CT molecular complexity index is 1090. The van der Waals surface area contributed by atoms with Crippen LogP contribution < -0.4 is 10.3 Å². The Balaban J connectivity index is 1.70. The van der Waals surface area contributed by atoms with Gasteiger partial charge in [-0.25, -0.2) is 4.68 Å². The van der Waals surface area contributed by atoms with E-state index in [4.69, 9.17) is 0 Å². The zero-order chi connectivity index (χ0) is 20.6. The topological polar surface area (TPSA) is 51.9 Å². The molecule has 1 N–H and O–H groups in total. The van der Waals surface area contributed by atoms with Crippen LogP contribution in [0.4, 0.5) is 18.9 Å². The van der Waals surface area contributed by atoms with Crippen LogP contribution in [0.15, 0.2) is 53.7 Å². The SMILES string of the molecule is CSNc1ccc(-c2cnn(-c3ccc(=O)n(CC4CC4)c3)c2)c(C(F)(F)F)c1. The summed E-state index contributed by atoms with van der Waals surface area (Å²) in [6.07, 6.45) is 4.14. The van der Waals surface area contributed by atoms with Gasteiger partial charge in [0.2, 0.25) is 0 Å². The summed E-state index contributed by atoms with van der Waals surface area (Å²) in [6.45, 7) is 0.656. The molecular weight excluding hydrogens is 401 g/mol. The molecule has 0 amide bonds. The number of hydrogen-bond donors (Lipinski definition) is 1. The van der Waals surface area contributed by atoms with Gasteiger partial charge in [0.1, 0.15) is 0 Å². The Kier molecular flexibility index (Phi) is 5.16. The molecule has 1 aliphatic carbocycles. The molecule has 0 radical (unpaired) electrons. The van der Waals surface area contributed by atoms with Crippen molar-refractivity contribution in [2.75, 3.05) is 11.0 Å². The average molecular weight is 420 g/mol. The number of alkyl halides is 3. The molecule has 2 heterocycles. The molecule has 1 fully saturated rings. The standard InChI is InChI=1S/C20H19F3N4OS/c1-29-25-15-4-6-17(18(8-15)20(21,22)23)14-9-24-27(11-14)16-5-7-19(28)26(12-16)10-13-2-3-13/h4-9,11-13,25H,2-3,10H2,1H3. The van der Waals surface area contributed by atoms with Crippen LogP contribution in [0.25, 0.3) is 16.8 Å². The first-order chi connectivity index (χ1) is 13.8. The number of aromatic nitrogens is 3. The number of pyridine rings is 1. The summed E-state index contributed by atoms with van der Waals surface area (Å²) in [6, 6.07) is 7.23. The maximum Gasteiger partial charge on any atom is 0.417 e. The molecule has 0 aliphatic heterocycles. The van der Waals surface area contributed by atoms with E-state index in [0.717, 1.165) is 18.9 Å². The first-order valence-corrected chi connectivity index (χ1v) is 10.3. The number of nitrogens with zero attached hydrogens (tertiary/aromatic N) is 3. The van der Waals surface area contributed by atoms with Crippen molar-refractivity contribution in [2.45, 2.75) is 25.6 Å². The Morgan fingerprint density at radius 1 is 1.21 bits per heavy atom. The van der Waals surface area contributed by atoms with Gasteiger partial charge < -0.3 is 9.29 Å². The number of halogens is 3. The second-order valence-electron chi connectivity index (χ2n) is 7.06. The number of nitrogens with one attached hydrogen (secondary N) is 1. The van der Waals surface area contributed by atoms with Gasteiger partial charge in [-0.2, -0.15) is 18.3 Å². The molecule has 0 saturated heterocycles. The lowest BCUT2D eigenvalue weighted by Crippen LogP contribution is -2.20. The first-order valence-electron chi connectivity index (χ1n) is 9.11. The predicted octanol–water partition coefficient (Wildman–Crippen LogP) is 4.82. The molecule has 9 heteroatoms. The van der Waals surface area contributed by atoms with Crippen LogP contribution in [-0.2, 0) is 12.7 Å². The second-order valence-corrected chi connectivity index (χ2v) is 7.67. The summed E-state index contributed by atoms with van der Waals surface area (Å²) >= 11 is 1.23. The molecular formula is C20H19F3N4OS. The van der Waals surface area contributed by atoms with Gasteiger partial charge in [0.25, 0.3) is 5.56 Å². The smallest absolute Gasteiger partial charge is 0.330 e. The van der Waals surface area contributed by atoms with Crippen LogP contribution in [0.2, 0.25) is 0 Å². The Labute approximate surface area is 169 Å². The van der Waals surface area contributed by atoms with Crippen LogP contribution in [-0.4, -0.2) is 20.6 Å². The van der Waals surface area contributed by atoms with Crippen molar-refractivity contribution in [3.8, 4) is 16.8 Å². The van der Waals surface area contributed by atoms with E-state index in [1.165, 1.54) is 35.0 Å². The van der Waals surface area contributed by atoms with Gasteiger partial charge in [0.15, 0.2) is 0 Å². The van der Waals surface area contributed by atoms with Crippen molar-refractivity contribution in [3.63, 3.8) is 0 Å². The fourth-order valence-electron chi connectivity index (χ4n) is 3.19. The Morgan fingerprint density at radius 3 is 2.69 bits per heavy atom. The van der Waals surface area contributed by atoms with Crippen LogP contribution in [0.3, 0.4) is 0 Å². The van der Waals surface area contributed by atoms with Crippen molar-refractivity contribution in [1.29, 1.82) is 0 Å². The Morgan fingerprint density at radius 2 is 2.00 bits per heavy atom. The molecule has 29 heavy (non-hydrogen) atoms. The second kappa shape index (κ2) is 7.62. The maximum atomic E-state index is 13.6. The van der Waals surface area contributed by atoms with E-state index in [-0.39, 0.29) is 11.1 Å². The molecule has 1 aliphatic rings. The van der Waals surface area contributed by atoms with Crippen molar-refractivity contribution in [1.82, 2.24) is 14.3 Å². The highest BCUT2D eigenvalue weighted by Crippen LogP contribution is 2.39. The highest BCUT2D eigenvalue weighted by Gasteiger charge is 2.34. The molecule has 1 saturated carbocycles. The highest BCUT2D eigenvalue weighted by molar-refractivity contribution is 7.99. The lowest BCUT2D eigenvalue weighted by atomic mass is 10.0. The molecule has 0 unspecified atom stereocenters. The third-order valence-corrected chi connectivity index (χ3v) is 5.26. The number of hydrogen-bond acceptors (Lipinski definition) is 4. The summed E-state index contributed by atoms with van der Waals surface area (Å²) in [4.78, 5) is 12.0. The fourth-order valence-corrected chi connectivity index (χ4v) is 3.55. The highest BCUT2D eigenvalue weighted by atomic mass is 32.2. The van der Waals surface area contributed by atoms with Crippen LogP contribution in [0.1, 0.15) is 18.4 Å². The molecule has 1 aromatic carbocycles. The van der Waals surface area contributed by atoms with E-state index in [1.54, 1.807) is 35.3 Å². The molecule has 2 aromatic heterocycles. The first kappa shape index (κ1) is 19.6. The summed E-state index contributed by atoms with van der Waals surface area (Å²) in [5, 5.41) is 4.22. The minimum atomic E-state index is -4.50. The number of benzene rings is 1. The van der Waals surface area contributed by atoms with Crippen molar-refractivity contribution < 1.29 is 13.2 Å². The third-order valence-electron chi connectivity index (χ3n) is 4.82. The van der Waals surface area contributed by atoms with Gasteiger partial charge in [-0.3, -0.25) is 4.79 Å². The maximum absolute atomic E-state index is 13.6. The van der Waals surface area contributed by atoms with E-state index >= 15 is 0 Å². The summed E-state index contributed by atoms with van der Waals surface area (Å²) < 4.78 is 46.8. The minimum absolute atomic E-state index is 0.0571. The van der Waals surface area contributed by atoms with E-state index in [1.807, 2.05) is 0 Å². The van der Waals surface area contributed by atoms with Gasteiger partial charge in [0.05, 0.1) is 17.4 Å². The fraction of sp³-hybridized carbons (Fsp3) is 0.300. The monoisotopic (exact) mass is 420 g/mol. The van der Waals surface area contributed by atoms with E-state index in [2.05, 4.69) is 9.82 Å². The predicted molar refractivity (Wildman–Crippen MR) is 108 cm³/mol. The van der Waals surface area contributed by atoms with E-state index in [9.17, 15) is 18.0 Å². The third kappa shape index (κ3) is 4.34. The average Bonchev–Trinajstić information content (AvgIpc) is 3.36. The molecule has 0 atom stereocenters. The number of anilines is 1. The van der Waals surface area contributed by atoms with Gasteiger partial charge in [-0.05, 0) is 42.5 Å². The molecule has 0 bridgehead atoms. The normalized spacial score (nSPS) is 14.2. The van der Waals surface area contributed by atoms with Crippen LogP contribution in [0, 0.1) is 5.92 Å². The van der Waals surface area contributed by atoms with E-state index in [0.29, 0.717) is 29.4 Å². The van der Waals surface area contributed by atoms with Crippen LogP contribution in [0.5, 0.6) is 0 Å². The van der Waals surface area contributed by atoms with Crippen molar-refractivity contribution in [2.24, 2.45) is 5.92 Å².